The van der Waals surface area contributed by atoms with Crippen LogP contribution >= 0.6 is 0 Å². The highest BCUT2D eigenvalue weighted by atomic mass is 15.1. The van der Waals surface area contributed by atoms with Crippen molar-refractivity contribution in [3.63, 3.8) is 0 Å². The summed E-state index contributed by atoms with van der Waals surface area (Å²) in [5.41, 5.74) is 0. The Labute approximate surface area is 90.9 Å². The van der Waals surface area contributed by atoms with Gasteiger partial charge in [0, 0.05) is 19.7 Å². The highest BCUT2D eigenvalue weighted by molar-refractivity contribution is 5.45. The van der Waals surface area contributed by atoms with Crippen molar-refractivity contribution >= 4 is 11.6 Å². The molecule has 1 heterocycles. The predicted octanol–water partition coefficient (Wildman–Crippen LogP) is 0.882. The van der Waals surface area contributed by atoms with Crippen molar-refractivity contribution in [2.24, 2.45) is 0 Å². The lowest BCUT2D eigenvalue weighted by atomic mass is 10.4. The van der Waals surface area contributed by atoms with Crippen LogP contribution in [0.2, 0.25) is 0 Å². The van der Waals surface area contributed by atoms with Crippen LogP contribution < -0.4 is 10.6 Å². The molecule has 0 radical (unpaired) electrons. The molecule has 0 amide bonds. The number of hydrogen-bond donors (Lipinski definition) is 2. The Kier molecular flexibility index (Phi) is 4.83. The molecule has 1 aromatic rings. The number of hydrogen-bond acceptors (Lipinski definition) is 5. The molecule has 15 heavy (non-hydrogen) atoms. The van der Waals surface area contributed by atoms with Crippen molar-refractivity contribution in [2.75, 3.05) is 44.9 Å². The van der Waals surface area contributed by atoms with Crippen LogP contribution in [0.25, 0.3) is 0 Å². The number of rotatable bonds is 6. The van der Waals surface area contributed by atoms with E-state index in [1.165, 1.54) is 0 Å². The van der Waals surface area contributed by atoms with E-state index in [0.717, 1.165) is 31.1 Å². The fraction of sp³-hybridized carbons (Fsp3) is 0.600. The average molecular weight is 209 g/mol. The first kappa shape index (κ1) is 11.7. The molecule has 5 heteroatoms. The number of anilines is 2. The molecule has 0 unspecified atom stereocenters. The lowest BCUT2D eigenvalue weighted by Crippen LogP contribution is -2.16. The maximum absolute atomic E-state index is 4.13. The molecule has 1 aromatic heterocycles. The van der Waals surface area contributed by atoms with E-state index in [0.29, 0.717) is 0 Å². The largest absolute Gasteiger partial charge is 0.373 e. The van der Waals surface area contributed by atoms with E-state index in [1.807, 2.05) is 13.1 Å². The Morgan fingerprint density at radius 1 is 1.27 bits per heavy atom. The van der Waals surface area contributed by atoms with Gasteiger partial charge in [0.1, 0.15) is 18.0 Å². The minimum absolute atomic E-state index is 0.833. The molecule has 0 fully saturated rings. The quantitative estimate of drug-likeness (QED) is 0.681. The van der Waals surface area contributed by atoms with Gasteiger partial charge in [-0.25, -0.2) is 9.97 Å². The zero-order valence-corrected chi connectivity index (χ0v) is 9.62. The molecular weight excluding hydrogens is 190 g/mol. The topological polar surface area (TPSA) is 53.1 Å². The van der Waals surface area contributed by atoms with Crippen molar-refractivity contribution in [3.8, 4) is 0 Å². The summed E-state index contributed by atoms with van der Waals surface area (Å²) in [5, 5.41) is 6.23. The second-order valence-corrected chi connectivity index (χ2v) is 3.62. The van der Waals surface area contributed by atoms with Gasteiger partial charge >= 0.3 is 0 Å². The minimum Gasteiger partial charge on any atom is -0.373 e. The molecule has 84 valence electrons. The van der Waals surface area contributed by atoms with E-state index < -0.39 is 0 Å². The average Bonchev–Trinajstić information content (AvgIpc) is 2.24. The maximum atomic E-state index is 4.13. The highest BCUT2D eigenvalue weighted by Gasteiger charge is 1.96. The molecule has 5 nitrogen and oxygen atoms in total. The molecule has 0 saturated carbocycles. The first-order valence-corrected chi connectivity index (χ1v) is 5.11. The third-order valence-electron chi connectivity index (χ3n) is 2.01. The van der Waals surface area contributed by atoms with Gasteiger partial charge in [0.2, 0.25) is 0 Å². The first-order chi connectivity index (χ1) is 7.22. The SMILES string of the molecule is CNc1cc(NCCCN(C)C)ncn1. The smallest absolute Gasteiger partial charge is 0.131 e. The van der Waals surface area contributed by atoms with Gasteiger partial charge in [0.15, 0.2) is 0 Å². The van der Waals surface area contributed by atoms with Crippen LogP contribution in [0.5, 0.6) is 0 Å². The second-order valence-electron chi connectivity index (χ2n) is 3.62. The van der Waals surface area contributed by atoms with Crippen molar-refractivity contribution in [1.29, 1.82) is 0 Å². The van der Waals surface area contributed by atoms with Gasteiger partial charge in [-0.2, -0.15) is 0 Å². The Bertz CT molecular complexity index is 287. The first-order valence-electron chi connectivity index (χ1n) is 5.11. The third-order valence-corrected chi connectivity index (χ3v) is 2.01. The van der Waals surface area contributed by atoms with Gasteiger partial charge in [0.25, 0.3) is 0 Å². The summed E-state index contributed by atoms with van der Waals surface area (Å²) in [4.78, 5) is 10.3. The van der Waals surface area contributed by atoms with Crippen LogP contribution in [0.4, 0.5) is 11.6 Å². The summed E-state index contributed by atoms with van der Waals surface area (Å²) in [6, 6.07) is 1.90. The van der Waals surface area contributed by atoms with E-state index in [4.69, 9.17) is 0 Å². The van der Waals surface area contributed by atoms with Crippen LogP contribution in [-0.4, -0.2) is 49.1 Å². The maximum Gasteiger partial charge on any atom is 0.131 e. The second kappa shape index (κ2) is 6.19. The molecule has 0 aliphatic heterocycles. The Morgan fingerprint density at radius 3 is 2.67 bits per heavy atom. The van der Waals surface area contributed by atoms with Gasteiger partial charge < -0.3 is 15.5 Å². The van der Waals surface area contributed by atoms with Crippen LogP contribution in [0.15, 0.2) is 12.4 Å². The van der Waals surface area contributed by atoms with E-state index in [2.05, 4.69) is 39.6 Å². The fourth-order valence-electron chi connectivity index (χ4n) is 1.20. The summed E-state index contributed by atoms with van der Waals surface area (Å²) in [6.07, 6.45) is 2.66. The molecule has 2 N–H and O–H groups in total. The fourth-order valence-corrected chi connectivity index (χ4v) is 1.20. The summed E-state index contributed by atoms with van der Waals surface area (Å²) in [5.74, 6) is 1.70. The number of nitrogens with zero attached hydrogens (tertiary/aromatic N) is 3. The monoisotopic (exact) mass is 209 g/mol. The minimum atomic E-state index is 0.833. The molecule has 0 aliphatic rings. The molecule has 0 spiro atoms. The Balaban J connectivity index is 2.30. The molecule has 1 rings (SSSR count). The summed E-state index contributed by atoms with van der Waals surface area (Å²) in [6.45, 7) is 2.01. The van der Waals surface area contributed by atoms with Crippen LogP contribution in [-0.2, 0) is 0 Å². The van der Waals surface area contributed by atoms with Gasteiger partial charge in [-0.1, -0.05) is 0 Å². The highest BCUT2D eigenvalue weighted by Crippen LogP contribution is 2.07. The van der Waals surface area contributed by atoms with Crippen LogP contribution in [0, 0.1) is 0 Å². The lowest BCUT2D eigenvalue weighted by Gasteiger charge is -2.10. The van der Waals surface area contributed by atoms with Crippen molar-refractivity contribution in [2.45, 2.75) is 6.42 Å². The zero-order chi connectivity index (χ0) is 11.1. The van der Waals surface area contributed by atoms with Crippen molar-refractivity contribution in [3.05, 3.63) is 12.4 Å². The zero-order valence-electron chi connectivity index (χ0n) is 9.62. The van der Waals surface area contributed by atoms with Gasteiger partial charge in [-0.3, -0.25) is 0 Å². The summed E-state index contributed by atoms with van der Waals surface area (Å²) in [7, 11) is 5.99. The number of nitrogens with one attached hydrogen (secondary N) is 2. The van der Waals surface area contributed by atoms with Gasteiger partial charge in [-0.05, 0) is 27.1 Å². The Hall–Kier alpha value is -1.36. The third kappa shape index (κ3) is 4.60. The standard InChI is InChI=1S/C10H19N5/c1-11-9-7-10(14-8-13-9)12-5-4-6-15(2)3/h7-8H,4-6H2,1-3H3,(H2,11,12,13,14). The van der Waals surface area contributed by atoms with E-state index in [1.54, 1.807) is 6.33 Å². The van der Waals surface area contributed by atoms with E-state index in [9.17, 15) is 0 Å². The van der Waals surface area contributed by atoms with E-state index in [-0.39, 0.29) is 0 Å². The van der Waals surface area contributed by atoms with E-state index >= 15 is 0 Å². The van der Waals surface area contributed by atoms with Crippen molar-refractivity contribution < 1.29 is 0 Å². The molecule has 0 aromatic carbocycles. The van der Waals surface area contributed by atoms with Gasteiger partial charge in [0.05, 0.1) is 0 Å². The normalized spacial score (nSPS) is 10.4. The predicted molar refractivity (Wildman–Crippen MR) is 63.2 cm³/mol. The molecule has 0 atom stereocenters. The van der Waals surface area contributed by atoms with Gasteiger partial charge in [-0.15, -0.1) is 0 Å². The molecule has 0 aliphatic carbocycles. The Morgan fingerprint density at radius 2 is 2.00 bits per heavy atom. The molecular formula is C10H19N5. The molecule has 0 saturated heterocycles. The lowest BCUT2D eigenvalue weighted by molar-refractivity contribution is 0.405. The molecule has 0 bridgehead atoms. The van der Waals surface area contributed by atoms with Crippen LogP contribution in [0.1, 0.15) is 6.42 Å². The van der Waals surface area contributed by atoms with Crippen LogP contribution in [0.3, 0.4) is 0 Å². The summed E-state index contributed by atoms with van der Waals surface area (Å²) >= 11 is 0. The van der Waals surface area contributed by atoms with Crippen molar-refractivity contribution in [1.82, 2.24) is 14.9 Å². The summed E-state index contributed by atoms with van der Waals surface area (Å²) < 4.78 is 0. The number of aromatic nitrogens is 2.